The number of methoxy groups -OCH3 is 1. The highest BCUT2D eigenvalue weighted by Gasteiger charge is 2.45. The van der Waals surface area contributed by atoms with Crippen molar-refractivity contribution >= 4 is 34.0 Å². The third kappa shape index (κ3) is 5.19. The zero-order valence-electron chi connectivity index (χ0n) is 23.3. The second kappa shape index (κ2) is 10.3. The fraction of sp³-hybridized carbons (Fsp3) is 0.419. The lowest BCUT2D eigenvalue weighted by Gasteiger charge is -2.49. The lowest BCUT2D eigenvalue weighted by molar-refractivity contribution is -0.0501. The van der Waals surface area contributed by atoms with Gasteiger partial charge in [0.1, 0.15) is 12.1 Å². The Kier molecular flexibility index (Phi) is 6.80. The predicted molar refractivity (Wildman–Crippen MR) is 160 cm³/mol. The van der Waals surface area contributed by atoms with Crippen LogP contribution < -0.4 is 22.1 Å². The maximum atomic E-state index is 11.0. The Morgan fingerprint density at radius 1 is 1.25 bits per heavy atom. The number of hydrogen-bond acceptors (Lipinski definition) is 7. The average molecular weight is 542 g/mol. The molecule has 40 heavy (non-hydrogen) atoms. The molecule has 1 aromatic carbocycles. The topological polar surface area (TPSA) is 135 Å². The van der Waals surface area contributed by atoms with Crippen LogP contribution in [0.3, 0.4) is 0 Å². The molecule has 210 valence electrons. The molecule has 3 heterocycles. The summed E-state index contributed by atoms with van der Waals surface area (Å²) in [6.45, 7) is 4.30. The summed E-state index contributed by atoms with van der Waals surface area (Å²) < 4.78 is 7.26. The van der Waals surface area contributed by atoms with Crippen LogP contribution in [0.25, 0.3) is 11.1 Å². The summed E-state index contributed by atoms with van der Waals surface area (Å²) in [4.78, 5) is 4.71. The van der Waals surface area contributed by atoms with Crippen molar-refractivity contribution in [2.24, 2.45) is 28.5 Å². The highest BCUT2D eigenvalue weighted by atomic mass is 16.5. The molecule has 2 saturated carbocycles. The van der Waals surface area contributed by atoms with Crippen LogP contribution in [0.1, 0.15) is 50.7 Å². The van der Waals surface area contributed by atoms with Crippen LogP contribution in [0.2, 0.25) is 0 Å². The lowest BCUT2D eigenvalue weighted by Crippen LogP contribution is -2.50. The fourth-order valence-corrected chi connectivity index (χ4v) is 6.98. The molecule has 6 unspecified atom stereocenters. The van der Waals surface area contributed by atoms with E-state index in [-0.39, 0.29) is 12.3 Å². The van der Waals surface area contributed by atoms with Gasteiger partial charge in [-0.3, -0.25) is 0 Å². The van der Waals surface area contributed by atoms with Crippen molar-refractivity contribution in [3.8, 4) is 0 Å². The van der Waals surface area contributed by atoms with Crippen LogP contribution >= 0.6 is 0 Å². The number of fused-ring (bicyclic) bond motifs is 3. The molecule has 3 aliphatic rings. The number of aromatic nitrogens is 2. The summed E-state index contributed by atoms with van der Waals surface area (Å²) in [5.41, 5.74) is 17.9. The SMILES string of the molecule is COC1C=CC(c2cc3c(NC4C(C)CC5CC4CC(C)(O)C5)c(C(N)=Nc4ccc(N)cc4)cnn3c2)=CN1. The van der Waals surface area contributed by atoms with Gasteiger partial charge in [-0.25, -0.2) is 9.51 Å². The predicted octanol–water partition coefficient (Wildman–Crippen LogP) is 4.41. The molecule has 0 amide bonds. The quantitative estimate of drug-likeness (QED) is 0.177. The highest BCUT2D eigenvalue weighted by Crippen LogP contribution is 2.47. The van der Waals surface area contributed by atoms with E-state index in [0.29, 0.717) is 29.3 Å². The van der Waals surface area contributed by atoms with Crippen molar-refractivity contribution in [1.29, 1.82) is 0 Å². The van der Waals surface area contributed by atoms with Crippen molar-refractivity contribution in [3.05, 3.63) is 72.2 Å². The standard InChI is InChI=1S/C31H39N7O2/c1-18-10-19-11-21(14-31(2,39)13-19)28(18)37-29-25(30(33)36-24-7-5-23(32)6-8-24)16-35-38-17-22(12-26(29)38)20-4-9-27(40-3)34-15-20/h4-9,12,15-19,21,27-28,34,37,39H,10-11,13-14,32H2,1-3H3,(H2,33,36). The number of ether oxygens (including phenoxy) is 1. The Balaban J connectivity index is 1.42. The normalized spacial score (nSPS) is 30.1. The van der Waals surface area contributed by atoms with Crippen molar-refractivity contribution in [3.63, 3.8) is 0 Å². The largest absolute Gasteiger partial charge is 0.399 e. The number of hydrogen-bond donors (Lipinski definition) is 5. The van der Waals surface area contributed by atoms with E-state index in [9.17, 15) is 5.11 Å². The van der Waals surface area contributed by atoms with Crippen LogP contribution in [0.15, 0.2) is 66.1 Å². The Morgan fingerprint density at radius 2 is 2.05 bits per heavy atom. The minimum Gasteiger partial charge on any atom is -0.399 e. The number of nitrogen functional groups attached to an aromatic ring is 1. The van der Waals surface area contributed by atoms with Gasteiger partial charge in [-0.05, 0) is 92.3 Å². The molecular formula is C31H39N7O2. The zero-order chi connectivity index (χ0) is 28.0. The summed E-state index contributed by atoms with van der Waals surface area (Å²) >= 11 is 0. The second-order valence-corrected chi connectivity index (χ2v) is 12.0. The van der Waals surface area contributed by atoms with E-state index < -0.39 is 5.60 Å². The van der Waals surface area contributed by atoms with Crippen LogP contribution in [-0.4, -0.2) is 45.5 Å². The van der Waals surface area contributed by atoms with E-state index in [1.54, 1.807) is 13.3 Å². The summed E-state index contributed by atoms with van der Waals surface area (Å²) in [5, 5.41) is 22.9. The Bertz CT molecular complexity index is 1490. The monoisotopic (exact) mass is 541 g/mol. The third-order valence-corrected chi connectivity index (χ3v) is 8.70. The van der Waals surface area contributed by atoms with Crippen molar-refractivity contribution in [1.82, 2.24) is 14.9 Å². The first kappa shape index (κ1) is 26.4. The Hall–Kier alpha value is -3.82. The molecular weight excluding hydrogens is 502 g/mol. The lowest BCUT2D eigenvalue weighted by atomic mass is 9.61. The van der Waals surface area contributed by atoms with Crippen LogP contribution in [0, 0.1) is 17.8 Å². The van der Waals surface area contributed by atoms with Crippen LogP contribution in [0.4, 0.5) is 17.1 Å². The molecule has 3 aromatic rings. The molecule has 2 fully saturated rings. The van der Waals surface area contributed by atoms with Crippen molar-refractivity contribution in [2.75, 3.05) is 18.2 Å². The Morgan fingerprint density at radius 3 is 2.77 bits per heavy atom. The number of rotatable bonds is 6. The number of nitrogens with zero attached hydrogens (tertiary/aromatic N) is 3. The number of aliphatic imine (C=N–C) groups is 1. The van der Waals surface area contributed by atoms with Crippen molar-refractivity contribution in [2.45, 2.75) is 57.4 Å². The van der Waals surface area contributed by atoms with E-state index in [1.165, 1.54) is 0 Å². The molecule has 6 atom stereocenters. The first-order valence-corrected chi connectivity index (χ1v) is 14.1. The van der Waals surface area contributed by atoms with Gasteiger partial charge in [0.15, 0.2) is 0 Å². The number of amidine groups is 1. The Labute approximate surface area is 235 Å². The van der Waals surface area contributed by atoms with Gasteiger partial charge in [0, 0.05) is 36.8 Å². The molecule has 6 rings (SSSR count). The molecule has 0 spiro atoms. The summed E-state index contributed by atoms with van der Waals surface area (Å²) in [6.07, 6.45) is 13.5. The summed E-state index contributed by atoms with van der Waals surface area (Å²) in [5.74, 6) is 1.75. The number of nitrogens with one attached hydrogen (secondary N) is 2. The number of benzene rings is 1. The molecule has 9 nitrogen and oxygen atoms in total. The van der Waals surface area contributed by atoms with Gasteiger partial charge in [-0.1, -0.05) is 13.0 Å². The molecule has 9 heteroatoms. The molecule has 2 aromatic heterocycles. The van der Waals surface area contributed by atoms with Gasteiger partial charge in [-0.15, -0.1) is 0 Å². The van der Waals surface area contributed by atoms with Gasteiger partial charge in [0.2, 0.25) is 0 Å². The number of anilines is 2. The number of nitrogens with two attached hydrogens (primary N) is 2. The summed E-state index contributed by atoms with van der Waals surface area (Å²) in [6, 6.07) is 9.66. The average Bonchev–Trinajstić information content (AvgIpc) is 3.36. The van der Waals surface area contributed by atoms with Crippen molar-refractivity contribution < 1.29 is 9.84 Å². The maximum Gasteiger partial charge on any atom is 0.146 e. The van der Waals surface area contributed by atoms with Gasteiger partial charge in [0.25, 0.3) is 0 Å². The van der Waals surface area contributed by atoms with Gasteiger partial charge in [-0.2, -0.15) is 5.10 Å². The smallest absolute Gasteiger partial charge is 0.146 e. The minimum atomic E-state index is -0.630. The van der Waals surface area contributed by atoms with Crippen LogP contribution in [0.5, 0.6) is 0 Å². The maximum absolute atomic E-state index is 11.0. The molecule has 0 saturated heterocycles. The molecule has 7 N–H and O–H groups in total. The highest BCUT2D eigenvalue weighted by molar-refractivity contribution is 6.06. The number of dihydropyridines is 1. The molecule has 2 bridgehead atoms. The molecule has 1 aliphatic heterocycles. The molecule has 0 radical (unpaired) electrons. The van der Waals surface area contributed by atoms with Gasteiger partial charge < -0.3 is 31.9 Å². The second-order valence-electron chi connectivity index (χ2n) is 12.0. The first-order valence-electron chi connectivity index (χ1n) is 14.1. The fourth-order valence-electron chi connectivity index (χ4n) is 6.98. The third-order valence-electron chi connectivity index (χ3n) is 8.70. The van der Waals surface area contributed by atoms with E-state index in [1.807, 2.05) is 54.2 Å². The molecule has 2 aliphatic carbocycles. The minimum absolute atomic E-state index is 0.142. The number of aliphatic hydroxyl groups is 1. The first-order chi connectivity index (χ1) is 19.2. The van der Waals surface area contributed by atoms with Gasteiger partial charge in [0.05, 0.1) is 34.3 Å². The zero-order valence-corrected chi connectivity index (χ0v) is 23.3. The van der Waals surface area contributed by atoms with Crippen LogP contribution in [-0.2, 0) is 4.74 Å². The van der Waals surface area contributed by atoms with E-state index in [4.69, 9.17) is 26.3 Å². The van der Waals surface area contributed by atoms with E-state index in [0.717, 1.165) is 59.3 Å². The van der Waals surface area contributed by atoms with E-state index in [2.05, 4.69) is 29.7 Å². The van der Waals surface area contributed by atoms with E-state index >= 15 is 0 Å². The number of allylic oxidation sites excluding steroid dienone is 2. The summed E-state index contributed by atoms with van der Waals surface area (Å²) in [7, 11) is 1.67. The van der Waals surface area contributed by atoms with Gasteiger partial charge >= 0.3 is 0 Å².